The van der Waals surface area contributed by atoms with Gasteiger partial charge in [-0.2, -0.15) is 13.1 Å². The number of hydrogen-bond donors (Lipinski definition) is 1. The van der Waals surface area contributed by atoms with E-state index in [9.17, 15) is 22.0 Å². The van der Waals surface area contributed by atoms with Crippen LogP contribution in [0.15, 0.2) is 53.4 Å². The number of anilines is 1. The third-order valence-corrected chi connectivity index (χ3v) is 5.84. The number of carbonyl (C=O) groups excluding carboxylic acids is 1. The average molecular weight is 398 g/mol. The molecule has 146 valence electrons. The van der Waals surface area contributed by atoms with Crippen LogP contribution in [0.25, 0.3) is 0 Å². The van der Waals surface area contributed by atoms with Crippen LogP contribution in [0.3, 0.4) is 0 Å². The summed E-state index contributed by atoms with van der Waals surface area (Å²) in [4.78, 5) is 12.5. The maximum atomic E-state index is 12.6. The van der Waals surface area contributed by atoms with Gasteiger partial charge in [0.25, 0.3) is 5.91 Å². The quantitative estimate of drug-likeness (QED) is 0.738. The number of rotatable bonds is 8. The normalized spacial score (nSPS) is 11.6. The second-order valence-corrected chi connectivity index (χ2v) is 7.38. The Kier molecular flexibility index (Phi) is 6.86. The van der Waals surface area contributed by atoms with E-state index in [1.807, 2.05) is 0 Å². The zero-order chi connectivity index (χ0) is 20.0. The van der Waals surface area contributed by atoms with Gasteiger partial charge in [0.05, 0.1) is 10.6 Å². The molecule has 27 heavy (non-hydrogen) atoms. The first-order valence-electron chi connectivity index (χ1n) is 8.25. The van der Waals surface area contributed by atoms with Crippen molar-refractivity contribution in [3.63, 3.8) is 0 Å². The second-order valence-electron chi connectivity index (χ2n) is 5.45. The van der Waals surface area contributed by atoms with Crippen molar-refractivity contribution in [2.45, 2.75) is 25.4 Å². The third kappa shape index (κ3) is 5.01. The SMILES string of the molecule is CCN(CC)S(=O)(=O)c1cccc(C(=O)Nc2ccccc2OC(F)F)c1. The van der Waals surface area contributed by atoms with Gasteiger partial charge in [-0.25, -0.2) is 8.42 Å². The molecule has 0 aromatic heterocycles. The highest BCUT2D eigenvalue weighted by Gasteiger charge is 2.22. The van der Waals surface area contributed by atoms with Crippen molar-refractivity contribution in [1.82, 2.24) is 4.31 Å². The van der Waals surface area contributed by atoms with E-state index in [-0.39, 0.29) is 21.9 Å². The molecular weight excluding hydrogens is 378 g/mol. The molecule has 0 aliphatic carbocycles. The van der Waals surface area contributed by atoms with Crippen molar-refractivity contribution >= 4 is 21.6 Å². The Morgan fingerprint density at radius 2 is 1.78 bits per heavy atom. The van der Waals surface area contributed by atoms with Crippen molar-refractivity contribution in [2.75, 3.05) is 18.4 Å². The summed E-state index contributed by atoms with van der Waals surface area (Å²) in [5, 5.41) is 2.46. The largest absolute Gasteiger partial charge is 0.433 e. The van der Waals surface area contributed by atoms with Crippen molar-refractivity contribution < 1.29 is 26.7 Å². The van der Waals surface area contributed by atoms with E-state index >= 15 is 0 Å². The zero-order valence-corrected chi connectivity index (χ0v) is 15.7. The standard InChI is InChI=1S/C18H20F2N2O4S/c1-3-22(4-2)27(24,25)14-9-7-8-13(12-14)17(23)21-15-10-5-6-11-16(15)26-18(19)20/h5-12,18H,3-4H2,1-2H3,(H,21,23). The fraction of sp³-hybridized carbons (Fsp3) is 0.278. The van der Waals surface area contributed by atoms with Crippen molar-refractivity contribution in [2.24, 2.45) is 0 Å². The summed E-state index contributed by atoms with van der Waals surface area (Å²) in [6, 6.07) is 11.3. The van der Waals surface area contributed by atoms with Crippen LogP contribution < -0.4 is 10.1 Å². The molecule has 0 atom stereocenters. The monoisotopic (exact) mass is 398 g/mol. The third-order valence-electron chi connectivity index (χ3n) is 3.79. The zero-order valence-electron chi connectivity index (χ0n) is 14.9. The van der Waals surface area contributed by atoms with Crippen molar-refractivity contribution in [1.29, 1.82) is 0 Å². The molecule has 0 aliphatic rings. The maximum Gasteiger partial charge on any atom is 0.387 e. The molecule has 2 rings (SSSR count). The number of alkyl halides is 2. The lowest BCUT2D eigenvalue weighted by atomic mass is 10.2. The first-order valence-corrected chi connectivity index (χ1v) is 9.69. The molecule has 0 unspecified atom stereocenters. The second kappa shape index (κ2) is 8.92. The predicted octanol–water partition coefficient (Wildman–Crippen LogP) is 3.57. The minimum absolute atomic E-state index is 0.0176. The molecule has 1 amide bonds. The lowest BCUT2D eigenvalue weighted by molar-refractivity contribution is -0.0493. The van der Waals surface area contributed by atoms with Crippen LogP contribution in [0, 0.1) is 0 Å². The highest BCUT2D eigenvalue weighted by Crippen LogP contribution is 2.26. The molecule has 9 heteroatoms. The first-order chi connectivity index (χ1) is 12.8. The molecule has 0 bridgehead atoms. The Hall–Kier alpha value is -2.52. The molecule has 0 aliphatic heterocycles. The van der Waals surface area contributed by atoms with E-state index in [1.54, 1.807) is 19.9 Å². The van der Waals surface area contributed by atoms with Gasteiger partial charge in [-0.15, -0.1) is 0 Å². The smallest absolute Gasteiger partial charge is 0.387 e. The topological polar surface area (TPSA) is 75.7 Å². The number of amides is 1. The number of ether oxygens (including phenoxy) is 1. The summed E-state index contributed by atoms with van der Waals surface area (Å²) in [6.07, 6.45) is 0. The number of hydrogen-bond acceptors (Lipinski definition) is 4. The summed E-state index contributed by atoms with van der Waals surface area (Å²) in [5.41, 5.74) is 0.134. The minimum atomic E-state index is -3.72. The Morgan fingerprint density at radius 3 is 2.41 bits per heavy atom. The summed E-state index contributed by atoms with van der Waals surface area (Å²) in [7, 11) is -3.72. The highest BCUT2D eigenvalue weighted by atomic mass is 32.2. The number of benzene rings is 2. The molecule has 0 heterocycles. The lowest BCUT2D eigenvalue weighted by Gasteiger charge is -2.18. The molecule has 0 fully saturated rings. The van der Waals surface area contributed by atoms with E-state index in [4.69, 9.17) is 0 Å². The van der Waals surface area contributed by atoms with Crippen LogP contribution in [-0.4, -0.2) is 38.3 Å². The number of para-hydroxylation sites is 2. The summed E-state index contributed by atoms with van der Waals surface area (Å²) < 4.78 is 55.8. The number of nitrogens with zero attached hydrogens (tertiary/aromatic N) is 1. The molecule has 0 saturated heterocycles. The molecule has 0 spiro atoms. The Labute approximate surface area is 156 Å². The van der Waals surface area contributed by atoms with Crippen LogP contribution in [0.5, 0.6) is 5.75 Å². The fourth-order valence-corrected chi connectivity index (χ4v) is 3.98. The van der Waals surface area contributed by atoms with Gasteiger partial charge in [-0.3, -0.25) is 4.79 Å². The maximum absolute atomic E-state index is 12.6. The predicted molar refractivity (Wildman–Crippen MR) is 97.6 cm³/mol. The van der Waals surface area contributed by atoms with Gasteiger partial charge in [-0.05, 0) is 30.3 Å². The number of carbonyl (C=O) groups is 1. The summed E-state index contributed by atoms with van der Waals surface area (Å²) in [5.74, 6) is -0.829. The van der Waals surface area contributed by atoms with Crippen LogP contribution in [-0.2, 0) is 10.0 Å². The van der Waals surface area contributed by atoms with Crippen LogP contribution in [0.4, 0.5) is 14.5 Å². The van der Waals surface area contributed by atoms with Crippen molar-refractivity contribution in [3.8, 4) is 5.75 Å². The molecule has 6 nitrogen and oxygen atoms in total. The van der Waals surface area contributed by atoms with Gasteiger partial charge in [0.1, 0.15) is 5.75 Å². The Balaban J connectivity index is 2.29. The minimum Gasteiger partial charge on any atom is -0.433 e. The Morgan fingerprint density at radius 1 is 1.11 bits per heavy atom. The van der Waals surface area contributed by atoms with Gasteiger partial charge < -0.3 is 10.1 Å². The van der Waals surface area contributed by atoms with E-state index in [0.29, 0.717) is 13.1 Å². The van der Waals surface area contributed by atoms with E-state index < -0.39 is 22.5 Å². The van der Waals surface area contributed by atoms with Crippen molar-refractivity contribution in [3.05, 3.63) is 54.1 Å². The van der Waals surface area contributed by atoms with Gasteiger partial charge in [0, 0.05) is 18.7 Å². The molecule has 0 radical (unpaired) electrons. The Bertz CT molecular complexity index is 900. The fourth-order valence-electron chi connectivity index (χ4n) is 2.47. The van der Waals surface area contributed by atoms with Gasteiger partial charge in [0.15, 0.2) is 0 Å². The molecular formula is C18H20F2N2O4S. The number of nitrogens with one attached hydrogen (secondary N) is 1. The first kappa shape index (κ1) is 20.8. The van der Waals surface area contributed by atoms with Gasteiger partial charge in [0.2, 0.25) is 10.0 Å². The number of halogens is 2. The summed E-state index contributed by atoms with van der Waals surface area (Å²) >= 11 is 0. The van der Waals surface area contributed by atoms with Crippen LogP contribution in [0.1, 0.15) is 24.2 Å². The van der Waals surface area contributed by atoms with Crippen LogP contribution in [0.2, 0.25) is 0 Å². The highest BCUT2D eigenvalue weighted by molar-refractivity contribution is 7.89. The molecule has 2 aromatic rings. The van der Waals surface area contributed by atoms with E-state index in [1.165, 1.54) is 46.8 Å². The number of sulfonamides is 1. The average Bonchev–Trinajstić information content (AvgIpc) is 2.64. The molecule has 2 aromatic carbocycles. The van der Waals surface area contributed by atoms with E-state index in [2.05, 4.69) is 10.1 Å². The van der Waals surface area contributed by atoms with Crippen LogP contribution >= 0.6 is 0 Å². The molecule has 0 saturated carbocycles. The van der Waals surface area contributed by atoms with Gasteiger partial charge in [-0.1, -0.05) is 32.0 Å². The summed E-state index contributed by atoms with van der Waals surface area (Å²) in [6.45, 7) is 1.00. The molecule has 1 N–H and O–H groups in total. The lowest BCUT2D eigenvalue weighted by Crippen LogP contribution is -2.30. The van der Waals surface area contributed by atoms with E-state index in [0.717, 1.165) is 0 Å². The van der Waals surface area contributed by atoms with Gasteiger partial charge >= 0.3 is 6.61 Å².